The van der Waals surface area contributed by atoms with Gasteiger partial charge in [-0.15, -0.1) is 0 Å². The topological polar surface area (TPSA) is 87.8 Å². The Hall–Kier alpha value is -2.40. The molecule has 3 rings (SSSR count). The molecule has 0 unspecified atom stereocenters. The number of aromatic nitrogens is 3. The molecule has 96 valence electrons. The number of aromatic hydroxyl groups is 1. The quantitative estimate of drug-likeness (QED) is 0.655. The van der Waals surface area contributed by atoms with Crippen LogP contribution in [0.1, 0.15) is 18.7 Å². The summed E-state index contributed by atoms with van der Waals surface area (Å²) in [6.07, 6.45) is 5.16. The van der Waals surface area contributed by atoms with Crippen LogP contribution in [0.15, 0.2) is 36.8 Å². The SMILES string of the molecule is C[C@H](N)c1cnc(-c2c[nH]c3cccc(O)c23)cn1. The molecule has 0 saturated carbocycles. The van der Waals surface area contributed by atoms with Crippen molar-refractivity contribution in [2.45, 2.75) is 13.0 Å². The number of hydrogen-bond acceptors (Lipinski definition) is 4. The zero-order chi connectivity index (χ0) is 13.4. The van der Waals surface area contributed by atoms with Crippen molar-refractivity contribution in [2.75, 3.05) is 0 Å². The number of nitrogens with two attached hydrogens (primary N) is 1. The van der Waals surface area contributed by atoms with Gasteiger partial charge in [-0.3, -0.25) is 9.97 Å². The first-order valence-electron chi connectivity index (χ1n) is 6.04. The summed E-state index contributed by atoms with van der Waals surface area (Å²) >= 11 is 0. The van der Waals surface area contributed by atoms with Crippen LogP contribution in [0, 0.1) is 0 Å². The van der Waals surface area contributed by atoms with Gasteiger partial charge in [-0.1, -0.05) is 6.07 Å². The molecule has 0 bridgehead atoms. The van der Waals surface area contributed by atoms with Crippen molar-refractivity contribution in [3.8, 4) is 17.0 Å². The van der Waals surface area contributed by atoms with Gasteiger partial charge in [0.2, 0.25) is 0 Å². The molecular formula is C14H14N4O. The Morgan fingerprint density at radius 1 is 1.26 bits per heavy atom. The van der Waals surface area contributed by atoms with E-state index in [2.05, 4.69) is 15.0 Å². The third-order valence-corrected chi connectivity index (χ3v) is 3.10. The summed E-state index contributed by atoms with van der Waals surface area (Å²) < 4.78 is 0. The number of rotatable bonds is 2. The van der Waals surface area contributed by atoms with E-state index in [-0.39, 0.29) is 11.8 Å². The maximum absolute atomic E-state index is 9.96. The Bertz CT molecular complexity index is 716. The largest absolute Gasteiger partial charge is 0.507 e. The average molecular weight is 254 g/mol. The molecule has 19 heavy (non-hydrogen) atoms. The lowest BCUT2D eigenvalue weighted by atomic mass is 10.1. The van der Waals surface area contributed by atoms with E-state index in [0.717, 1.165) is 22.2 Å². The number of nitrogens with zero attached hydrogens (tertiary/aromatic N) is 2. The van der Waals surface area contributed by atoms with E-state index < -0.39 is 0 Å². The second-order valence-electron chi connectivity index (χ2n) is 4.52. The maximum atomic E-state index is 9.96. The van der Waals surface area contributed by atoms with Crippen LogP contribution in [-0.2, 0) is 0 Å². The van der Waals surface area contributed by atoms with Crippen LogP contribution < -0.4 is 5.73 Å². The first-order chi connectivity index (χ1) is 9.16. The highest BCUT2D eigenvalue weighted by molar-refractivity contribution is 5.98. The lowest BCUT2D eigenvalue weighted by molar-refractivity contribution is 0.482. The van der Waals surface area contributed by atoms with Crippen molar-refractivity contribution in [1.29, 1.82) is 0 Å². The highest BCUT2D eigenvalue weighted by atomic mass is 16.3. The van der Waals surface area contributed by atoms with Gasteiger partial charge in [0.05, 0.1) is 29.2 Å². The monoisotopic (exact) mass is 254 g/mol. The maximum Gasteiger partial charge on any atom is 0.125 e. The lowest BCUT2D eigenvalue weighted by Gasteiger charge is -2.05. The third-order valence-electron chi connectivity index (χ3n) is 3.10. The van der Waals surface area contributed by atoms with Gasteiger partial charge in [0.1, 0.15) is 5.75 Å². The highest BCUT2D eigenvalue weighted by Gasteiger charge is 2.11. The second kappa shape index (κ2) is 4.37. The van der Waals surface area contributed by atoms with Crippen LogP contribution in [0.25, 0.3) is 22.2 Å². The molecule has 0 spiro atoms. The summed E-state index contributed by atoms with van der Waals surface area (Å²) in [4.78, 5) is 11.8. The van der Waals surface area contributed by atoms with Gasteiger partial charge in [-0.25, -0.2) is 0 Å². The number of benzene rings is 1. The van der Waals surface area contributed by atoms with Crippen LogP contribution in [0.5, 0.6) is 5.75 Å². The molecule has 0 fully saturated rings. The Kier molecular flexibility index (Phi) is 2.68. The summed E-state index contributed by atoms with van der Waals surface area (Å²) in [7, 11) is 0. The minimum absolute atomic E-state index is 0.141. The number of hydrogen-bond donors (Lipinski definition) is 3. The lowest BCUT2D eigenvalue weighted by Crippen LogP contribution is -2.07. The van der Waals surface area contributed by atoms with E-state index in [1.165, 1.54) is 0 Å². The zero-order valence-corrected chi connectivity index (χ0v) is 10.5. The van der Waals surface area contributed by atoms with Gasteiger partial charge >= 0.3 is 0 Å². The molecule has 3 aromatic rings. The van der Waals surface area contributed by atoms with Crippen LogP contribution in [-0.4, -0.2) is 20.1 Å². The second-order valence-corrected chi connectivity index (χ2v) is 4.52. The molecule has 0 radical (unpaired) electrons. The molecule has 0 aliphatic rings. The minimum Gasteiger partial charge on any atom is -0.507 e. The van der Waals surface area contributed by atoms with E-state index >= 15 is 0 Å². The molecule has 0 aliphatic heterocycles. The zero-order valence-electron chi connectivity index (χ0n) is 10.5. The average Bonchev–Trinajstić information content (AvgIpc) is 2.84. The van der Waals surface area contributed by atoms with E-state index in [1.54, 1.807) is 24.5 Å². The number of nitrogens with one attached hydrogen (secondary N) is 1. The first kappa shape index (κ1) is 11.7. The number of aromatic amines is 1. The van der Waals surface area contributed by atoms with E-state index in [9.17, 15) is 5.11 Å². The van der Waals surface area contributed by atoms with Crippen molar-refractivity contribution >= 4 is 10.9 Å². The van der Waals surface area contributed by atoms with Gasteiger partial charge < -0.3 is 15.8 Å². The fraction of sp³-hybridized carbons (Fsp3) is 0.143. The third kappa shape index (κ3) is 1.94. The van der Waals surface area contributed by atoms with Crippen LogP contribution >= 0.6 is 0 Å². The van der Waals surface area contributed by atoms with Gasteiger partial charge in [-0.2, -0.15) is 0 Å². The standard InChI is InChI=1S/C14H14N4O/c1-8(15)11-6-18-12(7-17-11)9-5-16-10-3-2-4-13(19)14(9)10/h2-8,16,19H,15H2,1H3/t8-/m0/s1. The summed E-state index contributed by atoms with van der Waals surface area (Å²) in [6, 6.07) is 5.21. The van der Waals surface area contributed by atoms with Crippen molar-refractivity contribution in [3.05, 3.63) is 42.5 Å². The molecule has 0 saturated heterocycles. The predicted octanol–water partition coefficient (Wildman–Crippen LogP) is 2.35. The van der Waals surface area contributed by atoms with E-state index in [4.69, 9.17) is 5.73 Å². The highest BCUT2D eigenvalue weighted by Crippen LogP contribution is 2.33. The Morgan fingerprint density at radius 2 is 2.11 bits per heavy atom. The summed E-state index contributed by atoms with van der Waals surface area (Å²) in [5, 5.41) is 10.7. The minimum atomic E-state index is -0.141. The molecule has 5 heteroatoms. The first-order valence-corrected chi connectivity index (χ1v) is 6.04. The van der Waals surface area contributed by atoms with Crippen LogP contribution in [0.3, 0.4) is 0 Å². The van der Waals surface area contributed by atoms with Crippen LogP contribution in [0.4, 0.5) is 0 Å². The fourth-order valence-electron chi connectivity index (χ4n) is 2.08. The number of phenolic OH excluding ortho intramolecular Hbond substituents is 1. The summed E-state index contributed by atoms with van der Waals surface area (Å²) in [5.41, 5.74) is 8.90. The summed E-state index contributed by atoms with van der Waals surface area (Å²) in [6.45, 7) is 1.86. The van der Waals surface area contributed by atoms with Crippen molar-refractivity contribution in [2.24, 2.45) is 5.73 Å². The molecule has 4 N–H and O–H groups in total. The van der Waals surface area contributed by atoms with E-state index in [0.29, 0.717) is 5.69 Å². The number of phenols is 1. The molecule has 0 aliphatic carbocycles. The predicted molar refractivity (Wildman–Crippen MR) is 73.6 cm³/mol. The fourth-order valence-corrected chi connectivity index (χ4v) is 2.08. The molecule has 2 heterocycles. The van der Waals surface area contributed by atoms with Gasteiger partial charge in [-0.05, 0) is 19.1 Å². The van der Waals surface area contributed by atoms with Crippen molar-refractivity contribution in [3.63, 3.8) is 0 Å². The number of fused-ring (bicyclic) bond motifs is 1. The van der Waals surface area contributed by atoms with E-state index in [1.807, 2.05) is 19.2 Å². The molecular weight excluding hydrogens is 240 g/mol. The molecule has 5 nitrogen and oxygen atoms in total. The molecule has 2 aromatic heterocycles. The van der Waals surface area contributed by atoms with Crippen molar-refractivity contribution < 1.29 is 5.11 Å². The summed E-state index contributed by atoms with van der Waals surface area (Å²) in [5.74, 6) is 0.229. The Labute approximate surface area is 110 Å². The molecule has 0 amide bonds. The Balaban J connectivity index is 2.14. The van der Waals surface area contributed by atoms with Crippen LogP contribution in [0.2, 0.25) is 0 Å². The normalized spacial score (nSPS) is 12.7. The van der Waals surface area contributed by atoms with Gasteiger partial charge in [0.15, 0.2) is 0 Å². The molecule has 1 atom stereocenters. The Morgan fingerprint density at radius 3 is 2.79 bits per heavy atom. The number of H-pyrrole nitrogens is 1. The molecule has 1 aromatic carbocycles. The van der Waals surface area contributed by atoms with Gasteiger partial charge in [0.25, 0.3) is 0 Å². The van der Waals surface area contributed by atoms with Crippen molar-refractivity contribution in [1.82, 2.24) is 15.0 Å². The smallest absolute Gasteiger partial charge is 0.125 e. The van der Waals surface area contributed by atoms with Gasteiger partial charge in [0, 0.05) is 23.3 Å².